The standard InChI is InChI=1S/C15H25N4OP/c1-3-14(18-8-6-16-12-18)21(11-5-10-20)15(4-2)19-9-7-17-13-19/h6-9,12-15,20H,3-5,10-11H2,1-2H3. The summed E-state index contributed by atoms with van der Waals surface area (Å²) in [5.74, 6) is 0.919. The van der Waals surface area contributed by atoms with Gasteiger partial charge in [0.15, 0.2) is 0 Å². The first kappa shape index (κ1) is 16.2. The molecule has 2 unspecified atom stereocenters. The minimum Gasteiger partial charge on any atom is -0.396 e. The summed E-state index contributed by atoms with van der Waals surface area (Å²) >= 11 is 0. The SMILES string of the molecule is CCC(n1ccnc1)P(CCCO)C(CC)n1ccnc1. The van der Waals surface area contributed by atoms with Crippen LogP contribution in [0.1, 0.15) is 44.7 Å². The highest BCUT2D eigenvalue weighted by atomic mass is 31.1. The molecule has 2 rings (SSSR count). The molecule has 0 saturated carbocycles. The molecule has 0 saturated heterocycles. The van der Waals surface area contributed by atoms with Gasteiger partial charge in [-0.15, -0.1) is 0 Å². The van der Waals surface area contributed by atoms with Crippen molar-refractivity contribution in [3.05, 3.63) is 37.4 Å². The molecule has 0 aliphatic rings. The Morgan fingerprint density at radius 3 is 1.86 bits per heavy atom. The third-order valence-corrected chi connectivity index (χ3v) is 7.44. The van der Waals surface area contributed by atoms with Crippen LogP contribution in [0.2, 0.25) is 0 Å². The molecule has 0 radical (unpaired) electrons. The Morgan fingerprint density at radius 1 is 1.00 bits per heavy atom. The van der Waals surface area contributed by atoms with E-state index in [9.17, 15) is 5.11 Å². The molecule has 0 aromatic carbocycles. The second kappa shape index (κ2) is 8.30. The summed E-state index contributed by atoms with van der Waals surface area (Å²) < 4.78 is 4.48. The zero-order valence-corrected chi connectivity index (χ0v) is 13.7. The molecule has 2 aromatic rings. The summed E-state index contributed by atoms with van der Waals surface area (Å²) in [5.41, 5.74) is 0. The Bertz CT molecular complexity index is 444. The van der Waals surface area contributed by atoms with Crippen molar-refractivity contribution in [3.8, 4) is 0 Å². The monoisotopic (exact) mass is 308 g/mol. The van der Waals surface area contributed by atoms with Crippen LogP contribution >= 0.6 is 7.92 Å². The molecule has 0 amide bonds. The maximum atomic E-state index is 9.26. The van der Waals surface area contributed by atoms with Gasteiger partial charge in [0, 0.05) is 31.4 Å². The number of imidazole rings is 2. The van der Waals surface area contributed by atoms with Crippen molar-refractivity contribution >= 4 is 7.92 Å². The zero-order chi connectivity index (χ0) is 15.1. The maximum Gasteiger partial charge on any atom is 0.0951 e. The van der Waals surface area contributed by atoms with Gasteiger partial charge in [-0.25, -0.2) is 9.97 Å². The van der Waals surface area contributed by atoms with Crippen LogP contribution in [0, 0.1) is 0 Å². The van der Waals surface area contributed by atoms with Crippen molar-refractivity contribution in [1.82, 2.24) is 19.1 Å². The molecule has 6 heteroatoms. The highest BCUT2D eigenvalue weighted by Crippen LogP contribution is 2.60. The summed E-state index contributed by atoms with van der Waals surface area (Å²) in [6.07, 6.45) is 15.7. The summed E-state index contributed by atoms with van der Waals surface area (Å²) in [5, 5.41) is 9.26. The molecule has 0 aliphatic heterocycles. The van der Waals surface area contributed by atoms with E-state index in [1.54, 1.807) is 0 Å². The van der Waals surface area contributed by atoms with Crippen LogP contribution in [0.4, 0.5) is 0 Å². The molecule has 1 N–H and O–H groups in total. The molecule has 2 atom stereocenters. The van der Waals surface area contributed by atoms with E-state index in [0.29, 0.717) is 11.6 Å². The van der Waals surface area contributed by atoms with E-state index >= 15 is 0 Å². The average molecular weight is 308 g/mol. The van der Waals surface area contributed by atoms with Crippen LogP contribution in [0.25, 0.3) is 0 Å². The quantitative estimate of drug-likeness (QED) is 0.722. The molecule has 0 aliphatic carbocycles. The molecule has 116 valence electrons. The number of rotatable bonds is 9. The van der Waals surface area contributed by atoms with Crippen molar-refractivity contribution < 1.29 is 5.11 Å². The van der Waals surface area contributed by atoms with Gasteiger partial charge < -0.3 is 14.2 Å². The van der Waals surface area contributed by atoms with Crippen LogP contribution < -0.4 is 0 Å². The topological polar surface area (TPSA) is 55.9 Å². The Kier molecular flexibility index (Phi) is 6.40. The highest BCUT2D eigenvalue weighted by molar-refractivity contribution is 7.57. The minimum atomic E-state index is -0.309. The summed E-state index contributed by atoms with van der Waals surface area (Å²) in [4.78, 5) is 8.41. The van der Waals surface area contributed by atoms with Crippen LogP contribution in [0.5, 0.6) is 0 Å². The van der Waals surface area contributed by atoms with Gasteiger partial charge in [-0.1, -0.05) is 21.8 Å². The second-order valence-electron chi connectivity index (χ2n) is 5.11. The molecule has 2 aromatic heterocycles. The minimum absolute atomic E-state index is 0.263. The Hall–Kier alpha value is -1.19. The van der Waals surface area contributed by atoms with Gasteiger partial charge in [-0.3, -0.25) is 0 Å². The summed E-state index contributed by atoms with van der Waals surface area (Å²) in [6, 6.07) is 0. The number of aliphatic hydroxyl groups is 1. The maximum absolute atomic E-state index is 9.26. The lowest BCUT2D eigenvalue weighted by Gasteiger charge is -2.35. The molecular formula is C15H25N4OP. The largest absolute Gasteiger partial charge is 0.396 e. The van der Waals surface area contributed by atoms with Gasteiger partial charge in [0.1, 0.15) is 0 Å². The van der Waals surface area contributed by atoms with Gasteiger partial charge in [0.05, 0.1) is 24.2 Å². The van der Waals surface area contributed by atoms with Crippen molar-refractivity contribution in [2.75, 3.05) is 12.8 Å². The van der Waals surface area contributed by atoms with E-state index in [1.807, 2.05) is 25.0 Å². The molecule has 0 bridgehead atoms. The van der Waals surface area contributed by atoms with Crippen LogP contribution in [0.15, 0.2) is 37.4 Å². The van der Waals surface area contributed by atoms with Gasteiger partial charge in [-0.05, 0) is 25.4 Å². The van der Waals surface area contributed by atoms with Crippen LogP contribution in [-0.2, 0) is 0 Å². The van der Waals surface area contributed by atoms with Gasteiger partial charge in [0.25, 0.3) is 0 Å². The Balaban J connectivity index is 2.27. The Labute approximate surface area is 127 Å². The van der Waals surface area contributed by atoms with Crippen LogP contribution in [0.3, 0.4) is 0 Å². The number of hydrogen-bond acceptors (Lipinski definition) is 3. The molecule has 0 spiro atoms. The first-order valence-electron chi connectivity index (χ1n) is 7.63. The molecule has 2 heterocycles. The van der Waals surface area contributed by atoms with E-state index in [1.165, 1.54) is 0 Å². The fourth-order valence-corrected chi connectivity index (χ4v) is 6.27. The van der Waals surface area contributed by atoms with Gasteiger partial charge >= 0.3 is 0 Å². The number of nitrogens with zero attached hydrogens (tertiary/aromatic N) is 4. The first-order valence-corrected chi connectivity index (χ1v) is 9.29. The van der Waals surface area contributed by atoms with E-state index in [0.717, 1.165) is 25.4 Å². The van der Waals surface area contributed by atoms with Gasteiger partial charge in [-0.2, -0.15) is 0 Å². The van der Waals surface area contributed by atoms with Crippen molar-refractivity contribution in [2.24, 2.45) is 0 Å². The van der Waals surface area contributed by atoms with Crippen molar-refractivity contribution in [3.63, 3.8) is 0 Å². The zero-order valence-electron chi connectivity index (χ0n) is 12.8. The number of aliphatic hydroxyl groups excluding tert-OH is 1. The summed E-state index contributed by atoms with van der Waals surface area (Å²) in [7, 11) is -0.309. The fourth-order valence-electron chi connectivity index (χ4n) is 2.87. The Morgan fingerprint density at radius 2 is 1.52 bits per heavy atom. The van der Waals surface area contributed by atoms with E-state index < -0.39 is 0 Å². The third-order valence-electron chi connectivity index (χ3n) is 3.81. The van der Waals surface area contributed by atoms with E-state index in [2.05, 4.69) is 45.3 Å². The van der Waals surface area contributed by atoms with E-state index in [-0.39, 0.29) is 14.5 Å². The predicted molar refractivity (Wildman–Crippen MR) is 86.6 cm³/mol. The normalized spacial score (nSPS) is 15.8. The van der Waals surface area contributed by atoms with Crippen molar-refractivity contribution in [1.29, 1.82) is 0 Å². The second-order valence-corrected chi connectivity index (χ2v) is 7.78. The fraction of sp³-hybridized carbons (Fsp3) is 0.600. The lowest BCUT2D eigenvalue weighted by atomic mass is 10.4. The lowest BCUT2D eigenvalue weighted by molar-refractivity contribution is 0.295. The highest BCUT2D eigenvalue weighted by Gasteiger charge is 2.28. The van der Waals surface area contributed by atoms with Crippen LogP contribution in [-0.4, -0.2) is 37.0 Å². The first-order chi connectivity index (χ1) is 10.3. The smallest absolute Gasteiger partial charge is 0.0951 e. The third kappa shape index (κ3) is 3.92. The number of aromatic nitrogens is 4. The average Bonchev–Trinajstić information content (AvgIpc) is 3.19. The number of hydrogen-bond donors (Lipinski definition) is 1. The molecule has 5 nitrogen and oxygen atoms in total. The molecular weight excluding hydrogens is 283 g/mol. The molecule has 0 fully saturated rings. The van der Waals surface area contributed by atoms with Gasteiger partial charge in [0.2, 0.25) is 0 Å². The lowest BCUT2D eigenvalue weighted by Crippen LogP contribution is -2.15. The molecule has 21 heavy (non-hydrogen) atoms. The van der Waals surface area contributed by atoms with E-state index in [4.69, 9.17) is 0 Å². The predicted octanol–water partition coefficient (Wildman–Crippen LogP) is 3.46. The summed E-state index contributed by atoms with van der Waals surface area (Å²) in [6.45, 7) is 4.73. The van der Waals surface area contributed by atoms with Crippen molar-refractivity contribution in [2.45, 2.75) is 44.7 Å².